The van der Waals surface area contributed by atoms with E-state index in [0.717, 1.165) is 24.0 Å². The van der Waals surface area contributed by atoms with E-state index in [4.69, 9.17) is 19.4 Å². The average molecular weight is 715 g/mol. The van der Waals surface area contributed by atoms with Gasteiger partial charge in [0.05, 0.1) is 53.0 Å². The van der Waals surface area contributed by atoms with Crippen molar-refractivity contribution in [1.29, 1.82) is 5.26 Å². The van der Waals surface area contributed by atoms with Crippen molar-refractivity contribution < 1.29 is 23.0 Å². The first-order valence-electron chi connectivity index (χ1n) is 16.4. The van der Waals surface area contributed by atoms with E-state index in [2.05, 4.69) is 48.6 Å². The van der Waals surface area contributed by atoms with Crippen molar-refractivity contribution >= 4 is 55.2 Å². The van der Waals surface area contributed by atoms with Crippen molar-refractivity contribution in [3.05, 3.63) is 58.5 Å². The smallest absolute Gasteiger partial charge is 0.412 e. The second-order valence-corrected chi connectivity index (χ2v) is 14.8. The lowest BCUT2D eigenvalue weighted by Gasteiger charge is -2.29. The van der Waals surface area contributed by atoms with Gasteiger partial charge in [-0.3, -0.25) is 10.3 Å². The number of carbonyl (C=O) groups is 1. The van der Waals surface area contributed by atoms with Crippen LogP contribution in [0.15, 0.2) is 24.5 Å². The third-order valence-corrected chi connectivity index (χ3v) is 10.2. The molecule has 1 saturated heterocycles. The van der Waals surface area contributed by atoms with Crippen LogP contribution in [0.1, 0.15) is 56.5 Å². The maximum Gasteiger partial charge on any atom is 0.412 e. The van der Waals surface area contributed by atoms with Gasteiger partial charge in [-0.05, 0) is 71.5 Å². The monoisotopic (exact) mass is 714 g/mol. The molecule has 1 aromatic carbocycles. The normalized spacial score (nSPS) is 17.3. The van der Waals surface area contributed by atoms with Crippen molar-refractivity contribution in [3.8, 4) is 17.3 Å². The van der Waals surface area contributed by atoms with Crippen LogP contribution >= 0.6 is 11.3 Å². The Balaban J connectivity index is 1.44. The number of amides is 1. The fraction of sp³-hybridized carbons (Fsp3) is 0.400. The number of carbonyl (C=O) groups excluding carboxylic acids is 1. The summed E-state index contributed by atoms with van der Waals surface area (Å²) in [6.45, 7) is 8.29. The SMILES string of the molecule is C[C@H]1[C@@H](N(C)C)CCN1c1nc(NCc2cccnn2)c2c3c(c(-c4ncc(F)c5sc(NC(=O)OC(C)(C)C)c(C#N)c45)c(F)c2n1)COC3. The van der Waals surface area contributed by atoms with Gasteiger partial charge in [-0.15, -0.1) is 11.3 Å². The van der Waals surface area contributed by atoms with Crippen molar-refractivity contribution in [3.63, 3.8) is 0 Å². The molecule has 2 N–H and O–H groups in total. The second-order valence-electron chi connectivity index (χ2n) is 13.8. The molecule has 4 aromatic heterocycles. The molecule has 16 heteroatoms. The Morgan fingerprint density at radius 3 is 2.69 bits per heavy atom. The Hall–Kier alpha value is -5.11. The van der Waals surface area contributed by atoms with Gasteiger partial charge >= 0.3 is 6.09 Å². The van der Waals surface area contributed by atoms with Gasteiger partial charge in [0.25, 0.3) is 0 Å². The molecule has 6 heterocycles. The molecule has 0 bridgehead atoms. The largest absolute Gasteiger partial charge is 0.444 e. The van der Waals surface area contributed by atoms with E-state index in [-0.39, 0.29) is 69.3 Å². The number of nitrogens with zero attached hydrogens (tertiary/aromatic N) is 8. The predicted molar refractivity (Wildman–Crippen MR) is 189 cm³/mol. The summed E-state index contributed by atoms with van der Waals surface area (Å²) >= 11 is 0.849. The van der Waals surface area contributed by atoms with Crippen LogP contribution in [-0.4, -0.2) is 74.5 Å². The highest BCUT2D eigenvalue weighted by molar-refractivity contribution is 7.23. The van der Waals surface area contributed by atoms with Crippen LogP contribution in [-0.2, 0) is 29.2 Å². The number of halogens is 2. The van der Waals surface area contributed by atoms with Gasteiger partial charge in [-0.25, -0.2) is 18.6 Å². The van der Waals surface area contributed by atoms with E-state index >= 15 is 8.78 Å². The fourth-order valence-corrected chi connectivity index (χ4v) is 7.91. The van der Waals surface area contributed by atoms with E-state index in [1.165, 1.54) is 0 Å². The summed E-state index contributed by atoms with van der Waals surface area (Å²) in [5.41, 5.74) is 1.02. The Morgan fingerprint density at radius 2 is 2.00 bits per heavy atom. The molecule has 5 aromatic rings. The van der Waals surface area contributed by atoms with E-state index in [1.54, 1.807) is 33.0 Å². The zero-order valence-corrected chi connectivity index (χ0v) is 29.8. The molecule has 0 aliphatic carbocycles. The molecule has 2 aliphatic rings. The fourth-order valence-electron chi connectivity index (χ4n) is 6.87. The molecule has 1 fully saturated rings. The summed E-state index contributed by atoms with van der Waals surface area (Å²) in [7, 11) is 4.06. The molecular formula is C35H36F2N10O3S. The number of nitrogens with one attached hydrogen (secondary N) is 2. The number of fused-ring (bicyclic) bond motifs is 4. The van der Waals surface area contributed by atoms with Crippen molar-refractivity contribution in [2.45, 2.75) is 71.6 Å². The first-order valence-corrected chi connectivity index (χ1v) is 17.3. The lowest BCUT2D eigenvalue weighted by Crippen LogP contribution is -2.40. The molecule has 0 saturated carbocycles. The number of hydrogen-bond donors (Lipinski definition) is 2. The van der Waals surface area contributed by atoms with Crippen molar-refractivity contribution in [2.24, 2.45) is 0 Å². The third-order valence-electron chi connectivity index (χ3n) is 9.12. The number of aromatic nitrogens is 5. The number of hydrogen-bond acceptors (Lipinski definition) is 13. The molecule has 51 heavy (non-hydrogen) atoms. The minimum absolute atomic E-state index is 0.0292. The van der Waals surface area contributed by atoms with Crippen LogP contribution in [0.5, 0.6) is 0 Å². The minimum Gasteiger partial charge on any atom is -0.444 e. The van der Waals surface area contributed by atoms with E-state index in [0.29, 0.717) is 40.5 Å². The molecule has 2 aliphatic heterocycles. The highest BCUT2D eigenvalue weighted by Gasteiger charge is 2.36. The number of nitriles is 1. The molecule has 13 nitrogen and oxygen atoms in total. The molecule has 1 amide bonds. The number of anilines is 3. The van der Waals surface area contributed by atoms with Gasteiger partial charge in [0.1, 0.15) is 28.0 Å². The summed E-state index contributed by atoms with van der Waals surface area (Å²) < 4.78 is 44.2. The molecule has 0 unspecified atom stereocenters. The maximum atomic E-state index is 17.5. The van der Waals surface area contributed by atoms with Gasteiger partial charge in [-0.2, -0.15) is 20.4 Å². The number of benzene rings is 1. The van der Waals surface area contributed by atoms with E-state index < -0.39 is 23.3 Å². The number of likely N-dealkylation sites (N-methyl/N-ethyl adjacent to an activating group) is 1. The van der Waals surface area contributed by atoms with E-state index in [1.807, 2.05) is 20.2 Å². The molecule has 264 valence electrons. The summed E-state index contributed by atoms with van der Waals surface area (Å²) in [6, 6.07) is 5.95. The van der Waals surface area contributed by atoms with Gasteiger partial charge in [0, 0.05) is 35.8 Å². The Morgan fingerprint density at radius 1 is 1.22 bits per heavy atom. The summed E-state index contributed by atoms with van der Waals surface area (Å²) in [6.07, 6.45) is 2.63. The van der Waals surface area contributed by atoms with Crippen LogP contribution < -0.4 is 15.5 Å². The first-order chi connectivity index (χ1) is 24.4. The zero-order chi connectivity index (χ0) is 36.2. The van der Waals surface area contributed by atoms with Crippen LogP contribution in [0, 0.1) is 23.0 Å². The lowest BCUT2D eigenvalue weighted by molar-refractivity contribution is 0.0636. The van der Waals surface area contributed by atoms with Gasteiger partial charge in [-0.1, -0.05) is 0 Å². The number of pyridine rings is 1. The van der Waals surface area contributed by atoms with Crippen molar-refractivity contribution in [2.75, 3.05) is 36.2 Å². The average Bonchev–Trinajstić information content (AvgIpc) is 3.81. The number of thiophene rings is 1. The molecular weight excluding hydrogens is 679 g/mol. The summed E-state index contributed by atoms with van der Waals surface area (Å²) in [5.74, 6) is -0.685. The molecule has 2 atom stereocenters. The third kappa shape index (κ3) is 6.26. The Kier molecular flexibility index (Phi) is 8.90. The Labute approximate surface area is 296 Å². The van der Waals surface area contributed by atoms with Gasteiger partial charge < -0.3 is 24.6 Å². The van der Waals surface area contributed by atoms with Crippen LogP contribution in [0.25, 0.3) is 32.2 Å². The molecule has 0 radical (unpaired) electrons. The van der Waals surface area contributed by atoms with Gasteiger partial charge in [0.2, 0.25) is 5.95 Å². The van der Waals surface area contributed by atoms with E-state index in [9.17, 15) is 10.1 Å². The second kappa shape index (κ2) is 13.2. The summed E-state index contributed by atoms with van der Waals surface area (Å²) in [4.78, 5) is 31.1. The van der Waals surface area contributed by atoms with Crippen molar-refractivity contribution in [1.82, 2.24) is 30.0 Å². The number of ether oxygens (including phenoxy) is 2. The quantitative estimate of drug-likeness (QED) is 0.193. The Bertz CT molecular complexity index is 2220. The minimum atomic E-state index is -0.816. The number of rotatable bonds is 7. The maximum absolute atomic E-state index is 17.5. The highest BCUT2D eigenvalue weighted by atomic mass is 32.1. The molecule has 7 rings (SSSR count). The standard InChI is InChI=1S/C35H36F2N10O3S/c1-17-23(46(5)6)9-11-47(17)33-42-29-26(31(43-33)40-13-18-8-7-10-41-45-18)21-16-49-15-20(21)24(27(29)37)28-25-19(12-38)32(44-34(48)50-35(2,3)4)51-30(25)22(36)14-39-28/h7-8,10,14,17,23H,9,11,13,15-16H2,1-6H3,(H,44,48)(H,40,42,43)/t17-,23-/m0/s1. The summed E-state index contributed by atoms with van der Waals surface area (Å²) in [5, 5.41) is 25.0. The highest BCUT2D eigenvalue weighted by Crippen LogP contribution is 2.47. The van der Waals surface area contributed by atoms with Crippen LogP contribution in [0.2, 0.25) is 0 Å². The first kappa shape index (κ1) is 34.3. The van der Waals surface area contributed by atoms with Crippen LogP contribution in [0.4, 0.5) is 30.3 Å². The topological polar surface area (TPSA) is 154 Å². The molecule has 0 spiro atoms. The van der Waals surface area contributed by atoms with Crippen LogP contribution in [0.3, 0.4) is 0 Å². The lowest BCUT2D eigenvalue weighted by atomic mass is 9.93. The zero-order valence-electron chi connectivity index (χ0n) is 29.0. The predicted octanol–water partition coefficient (Wildman–Crippen LogP) is 6.36. The van der Waals surface area contributed by atoms with Gasteiger partial charge in [0.15, 0.2) is 11.6 Å².